The van der Waals surface area contributed by atoms with Gasteiger partial charge in [-0.15, -0.1) is 0 Å². The molecule has 5 nitrogen and oxygen atoms in total. The van der Waals surface area contributed by atoms with Gasteiger partial charge in [0, 0.05) is 24.7 Å². The molecule has 0 aliphatic heterocycles. The molecule has 0 bridgehead atoms. The number of rotatable bonds is 5. The zero-order valence-electron chi connectivity index (χ0n) is 10.9. The molecule has 1 unspecified atom stereocenters. The zero-order valence-corrected chi connectivity index (χ0v) is 10.9. The van der Waals surface area contributed by atoms with Crippen molar-refractivity contribution in [3.05, 3.63) is 18.0 Å². The number of carbonyl (C=O) groups is 1. The van der Waals surface area contributed by atoms with Gasteiger partial charge in [0.1, 0.15) is 0 Å². The number of aromatic nitrogens is 2. The standard InChI is InChI=1S/C12H21N3O2/c1-5-17-11(16)8-9(13)12(2,3)10-6-7-15(4)14-10/h6-7,9H,5,8,13H2,1-4H3. The predicted octanol–water partition coefficient (Wildman–Crippen LogP) is 0.978. The Labute approximate surface area is 102 Å². The number of esters is 1. The van der Waals surface area contributed by atoms with Crippen molar-refractivity contribution in [1.82, 2.24) is 9.78 Å². The molecule has 0 aliphatic rings. The summed E-state index contributed by atoms with van der Waals surface area (Å²) in [5, 5.41) is 4.34. The summed E-state index contributed by atoms with van der Waals surface area (Å²) in [6.07, 6.45) is 2.07. The smallest absolute Gasteiger partial charge is 0.307 e. The van der Waals surface area contributed by atoms with Crippen LogP contribution in [0.15, 0.2) is 12.3 Å². The molecule has 1 aromatic rings. The van der Waals surface area contributed by atoms with E-state index in [2.05, 4.69) is 5.10 Å². The Morgan fingerprint density at radius 2 is 2.29 bits per heavy atom. The molecule has 1 heterocycles. The third-order valence-corrected chi connectivity index (χ3v) is 2.99. The zero-order chi connectivity index (χ0) is 13.1. The van der Waals surface area contributed by atoms with E-state index in [9.17, 15) is 4.79 Å². The minimum Gasteiger partial charge on any atom is -0.466 e. The Balaban J connectivity index is 2.73. The molecule has 5 heteroatoms. The first-order valence-corrected chi connectivity index (χ1v) is 5.79. The first-order valence-electron chi connectivity index (χ1n) is 5.79. The average molecular weight is 239 g/mol. The van der Waals surface area contributed by atoms with Crippen LogP contribution < -0.4 is 5.73 Å². The number of aryl methyl sites for hydroxylation is 1. The van der Waals surface area contributed by atoms with Crippen LogP contribution in [0.5, 0.6) is 0 Å². The van der Waals surface area contributed by atoms with Crippen LogP contribution in [0.25, 0.3) is 0 Å². The highest BCUT2D eigenvalue weighted by Gasteiger charge is 2.32. The van der Waals surface area contributed by atoms with E-state index in [1.54, 1.807) is 11.6 Å². The lowest BCUT2D eigenvalue weighted by Crippen LogP contribution is -2.43. The van der Waals surface area contributed by atoms with Crippen molar-refractivity contribution >= 4 is 5.97 Å². The second kappa shape index (κ2) is 5.31. The number of nitrogens with two attached hydrogens (primary N) is 1. The molecule has 0 radical (unpaired) electrons. The highest BCUT2D eigenvalue weighted by molar-refractivity contribution is 5.70. The highest BCUT2D eigenvalue weighted by Crippen LogP contribution is 2.26. The largest absolute Gasteiger partial charge is 0.466 e. The van der Waals surface area contributed by atoms with Crippen LogP contribution in [0.4, 0.5) is 0 Å². The second-order valence-electron chi connectivity index (χ2n) is 4.71. The molecule has 1 aromatic heterocycles. The van der Waals surface area contributed by atoms with Crippen molar-refractivity contribution in [3.63, 3.8) is 0 Å². The summed E-state index contributed by atoms with van der Waals surface area (Å²) >= 11 is 0. The van der Waals surface area contributed by atoms with Crippen LogP contribution in [0.2, 0.25) is 0 Å². The molecule has 0 aromatic carbocycles. The Hall–Kier alpha value is -1.36. The normalized spacial score (nSPS) is 13.5. The van der Waals surface area contributed by atoms with Crippen LogP contribution in [0, 0.1) is 0 Å². The summed E-state index contributed by atoms with van der Waals surface area (Å²) in [5.74, 6) is -0.260. The SMILES string of the molecule is CCOC(=O)CC(N)C(C)(C)c1ccn(C)n1. The summed E-state index contributed by atoms with van der Waals surface area (Å²) < 4.78 is 6.63. The van der Waals surface area contributed by atoms with E-state index in [1.807, 2.05) is 33.2 Å². The van der Waals surface area contributed by atoms with E-state index in [0.29, 0.717) is 6.61 Å². The quantitative estimate of drug-likeness (QED) is 0.777. The van der Waals surface area contributed by atoms with Crippen molar-refractivity contribution in [3.8, 4) is 0 Å². The summed E-state index contributed by atoms with van der Waals surface area (Å²) in [4.78, 5) is 11.4. The van der Waals surface area contributed by atoms with Crippen LogP contribution >= 0.6 is 0 Å². The monoisotopic (exact) mass is 239 g/mol. The van der Waals surface area contributed by atoms with Crippen molar-refractivity contribution in [1.29, 1.82) is 0 Å². The lowest BCUT2D eigenvalue weighted by atomic mass is 9.80. The van der Waals surface area contributed by atoms with Gasteiger partial charge in [-0.05, 0) is 13.0 Å². The molecule has 0 saturated carbocycles. The summed E-state index contributed by atoms with van der Waals surface area (Å²) in [6, 6.07) is 1.61. The van der Waals surface area contributed by atoms with E-state index >= 15 is 0 Å². The van der Waals surface area contributed by atoms with Gasteiger partial charge in [0.05, 0.1) is 18.7 Å². The average Bonchev–Trinajstić information content (AvgIpc) is 2.65. The molecule has 0 saturated heterocycles. The van der Waals surface area contributed by atoms with Crippen molar-refractivity contribution < 1.29 is 9.53 Å². The van der Waals surface area contributed by atoms with Gasteiger partial charge in [0.2, 0.25) is 0 Å². The molecule has 0 fully saturated rings. The van der Waals surface area contributed by atoms with Gasteiger partial charge in [-0.1, -0.05) is 13.8 Å². The van der Waals surface area contributed by atoms with E-state index in [0.717, 1.165) is 5.69 Å². The molecule has 0 aliphatic carbocycles. The van der Waals surface area contributed by atoms with E-state index in [1.165, 1.54) is 0 Å². The molecule has 0 amide bonds. The van der Waals surface area contributed by atoms with Crippen LogP contribution in [-0.4, -0.2) is 28.4 Å². The number of hydrogen-bond acceptors (Lipinski definition) is 4. The van der Waals surface area contributed by atoms with E-state index in [-0.39, 0.29) is 23.8 Å². The number of nitrogens with zero attached hydrogens (tertiary/aromatic N) is 2. The molecule has 0 spiro atoms. The molecule has 1 rings (SSSR count). The lowest BCUT2D eigenvalue weighted by molar-refractivity contribution is -0.143. The summed E-state index contributed by atoms with van der Waals surface area (Å²) in [6.45, 7) is 6.14. The van der Waals surface area contributed by atoms with Gasteiger partial charge < -0.3 is 10.5 Å². The Morgan fingerprint density at radius 3 is 2.76 bits per heavy atom. The minimum atomic E-state index is -0.353. The van der Waals surface area contributed by atoms with Crippen LogP contribution in [0.3, 0.4) is 0 Å². The maximum Gasteiger partial charge on any atom is 0.307 e. The first kappa shape index (κ1) is 13.7. The topological polar surface area (TPSA) is 70.1 Å². The predicted molar refractivity (Wildman–Crippen MR) is 65.5 cm³/mol. The maximum absolute atomic E-state index is 11.4. The van der Waals surface area contributed by atoms with Gasteiger partial charge in [0.15, 0.2) is 0 Å². The van der Waals surface area contributed by atoms with Crippen molar-refractivity contribution in [2.24, 2.45) is 12.8 Å². The van der Waals surface area contributed by atoms with E-state index < -0.39 is 0 Å². The van der Waals surface area contributed by atoms with Gasteiger partial charge in [-0.3, -0.25) is 9.48 Å². The van der Waals surface area contributed by atoms with Crippen molar-refractivity contribution in [2.45, 2.75) is 38.6 Å². The molecule has 1 atom stereocenters. The number of ether oxygens (including phenoxy) is 1. The number of carbonyl (C=O) groups excluding carboxylic acids is 1. The number of hydrogen-bond donors (Lipinski definition) is 1. The Morgan fingerprint density at radius 1 is 1.65 bits per heavy atom. The van der Waals surface area contributed by atoms with Crippen LogP contribution in [0.1, 0.15) is 32.9 Å². The Bertz CT molecular complexity index is 385. The third kappa shape index (κ3) is 3.30. The molecular weight excluding hydrogens is 218 g/mol. The summed E-state index contributed by atoms with van der Waals surface area (Å²) in [7, 11) is 1.86. The highest BCUT2D eigenvalue weighted by atomic mass is 16.5. The van der Waals surface area contributed by atoms with Gasteiger partial charge >= 0.3 is 5.97 Å². The fraction of sp³-hybridized carbons (Fsp3) is 0.667. The maximum atomic E-state index is 11.4. The first-order chi connectivity index (χ1) is 7.87. The second-order valence-corrected chi connectivity index (χ2v) is 4.71. The lowest BCUT2D eigenvalue weighted by Gasteiger charge is -2.29. The van der Waals surface area contributed by atoms with Crippen molar-refractivity contribution in [2.75, 3.05) is 6.61 Å². The minimum absolute atomic E-state index is 0.206. The van der Waals surface area contributed by atoms with Crippen LogP contribution in [-0.2, 0) is 22.0 Å². The van der Waals surface area contributed by atoms with Gasteiger partial charge in [-0.25, -0.2) is 0 Å². The molecule has 2 N–H and O–H groups in total. The fourth-order valence-electron chi connectivity index (χ4n) is 1.60. The third-order valence-electron chi connectivity index (χ3n) is 2.99. The molecular formula is C12H21N3O2. The molecule has 96 valence electrons. The van der Waals surface area contributed by atoms with Gasteiger partial charge in [0.25, 0.3) is 0 Å². The Kier molecular flexibility index (Phi) is 4.28. The van der Waals surface area contributed by atoms with Gasteiger partial charge in [-0.2, -0.15) is 5.10 Å². The summed E-state index contributed by atoms with van der Waals surface area (Å²) in [5.41, 5.74) is 6.61. The fourth-order valence-corrected chi connectivity index (χ4v) is 1.60. The van der Waals surface area contributed by atoms with E-state index in [4.69, 9.17) is 10.5 Å². The molecule has 17 heavy (non-hydrogen) atoms.